The maximum Gasteiger partial charge on any atom is 0.123 e. The molecule has 3 rings (SSSR count). The van der Waals surface area contributed by atoms with Crippen LogP contribution in [0.1, 0.15) is 43.1 Å². The van der Waals surface area contributed by atoms with Crippen molar-refractivity contribution in [1.29, 1.82) is 0 Å². The van der Waals surface area contributed by atoms with Crippen LogP contribution in [0.4, 0.5) is 0 Å². The number of ether oxygens (including phenoxy) is 1. The standard InChI is InChI=1S/C17H24N2O/c1-10(2)7-15-17-12(5-6-18-15)13-8-11(3)16(20-4)9-14(13)19-17/h8-10,15,18-19H,5-7H2,1-4H3. The molecule has 1 atom stereocenters. The average Bonchev–Trinajstić information content (AvgIpc) is 2.76. The molecule has 0 radical (unpaired) electrons. The normalized spacial score (nSPS) is 18.6. The zero-order valence-corrected chi connectivity index (χ0v) is 12.8. The van der Waals surface area contributed by atoms with E-state index in [0.29, 0.717) is 12.0 Å². The zero-order chi connectivity index (χ0) is 14.3. The summed E-state index contributed by atoms with van der Waals surface area (Å²) in [5.74, 6) is 1.66. The molecule has 3 nitrogen and oxygen atoms in total. The first-order chi connectivity index (χ1) is 9.60. The molecule has 2 aromatic rings. The Labute approximate surface area is 120 Å². The van der Waals surface area contributed by atoms with E-state index in [2.05, 4.69) is 43.2 Å². The van der Waals surface area contributed by atoms with E-state index in [-0.39, 0.29) is 0 Å². The van der Waals surface area contributed by atoms with E-state index in [9.17, 15) is 0 Å². The molecule has 20 heavy (non-hydrogen) atoms. The molecule has 0 fully saturated rings. The lowest BCUT2D eigenvalue weighted by Gasteiger charge is -2.25. The second-order valence-electron chi connectivity index (χ2n) is 6.27. The maximum absolute atomic E-state index is 5.44. The quantitative estimate of drug-likeness (QED) is 0.893. The Kier molecular flexibility index (Phi) is 3.47. The van der Waals surface area contributed by atoms with Crippen LogP contribution < -0.4 is 10.1 Å². The number of benzene rings is 1. The van der Waals surface area contributed by atoms with Gasteiger partial charge in [0.05, 0.1) is 7.11 Å². The minimum atomic E-state index is 0.456. The monoisotopic (exact) mass is 272 g/mol. The smallest absolute Gasteiger partial charge is 0.123 e. The summed E-state index contributed by atoms with van der Waals surface area (Å²) in [6, 6.07) is 4.86. The van der Waals surface area contributed by atoms with Gasteiger partial charge in [-0.1, -0.05) is 13.8 Å². The fourth-order valence-corrected chi connectivity index (χ4v) is 3.34. The average molecular weight is 272 g/mol. The van der Waals surface area contributed by atoms with Crippen molar-refractivity contribution in [1.82, 2.24) is 10.3 Å². The minimum Gasteiger partial charge on any atom is -0.496 e. The van der Waals surface area contributed by atoms with E-state index < -0.39 is 0 Å². The zero-order valence-electron chi connectivity index (χ0n) is 12.8. The van der Waals surface area contributed by atoms with Gasteiger partial charge in [-0.05, 0) is 49.4 Å². The molecule has 1 aliphatic rings. The number of nitrogens with one attached hydrogen (secondary N) is 2. The third-order valence-corrected chi connectivity index (χ3v) is 4.28. The summed E-state index contributed by atoms with van der Waals surface area (Å²) in [4.78, 5) is 3.63. The van der Waals surface area contributed by atoms with Crippen molar-refractivity contribution in [3.8, 4) is 5.75 Å². The molecule has 2 N–H and O–H groups in total. The fraction of sp³-hybridized carbons (Fsp3) is 0.529. The first kappa shape index (κ1) is 13.5. The molecule has 1 aromatic heterocycles. The molecular formula is C17H24N2O. The summed E-state index contributed by atoms with van der Waals surface area (Å²) in [5.41, 5.74) is 5.29. The van der Waals surface area contributed by atoms with Gasteiger partial charge in [0.1, 0.15) is 5.75 Å². The lowest BCUT2D eigenvalue weighted by molar-refractivity contribution is 0.409. The van der Waals surface area contributed by atoms with Crippen molar-refractivity contribution in [3.63, 3.8) is 0 Å². The minimum absolute atomic E-state index is 0.456. The number of fused-ring (bicyclic) bond motifs is 3. The maximum atomic E-state index is 5.44. The second kappa shape index (κ2) is 5.13. The number of methoxy groups -OCH3 is 1. The molecule has 2 heterocycles. The molecule has 0 amide bonds. The highest BCUT2D eigenvalue weighted by atomic mass is 16.5. The van der Waals surface area contributed by atoms with E-state index >= 15 is 0 Å². The summed E-state index contributed by atoms with van der Waals surface area (Å²) >= 11 is 0. The molecule has 0 saturated carbocycles. The van der Waals surface area contributed by atoms with Crippen LogP contribution in [0.15, 0.2) is 12.1 Å². The van der Waals surface area contributed by atoms with Gasteiger partial charge < -0.3 is 15.0 Å². The van der Waals surface area contributed by atoms with Gasteiger partial charge >= 0.3 is 0 Å². The molecular weight excluding hydrogens is 248 g/mol. The molecule has 1 unspecified atom stereocenters. The summed E-state index contributed by atoms with van der Waals surface area (Å²) < 4.78 is 5.44. The number of aryl methyl sites for hydroxylation is 1. The summed E-state index contributed by atoms with van der Waals surface area (Å²) in [5, 5.41) is 5.02. The number of hydrogen-bond donors (Lipinski definition) is 2. The lowest BCUT2D eigenvalue weighted by Crippen LogP contribution is -2.30. The van der Waals surface area contributed by atoms with Crippen LogP contribution in [-0.2, 0) is 6.42 Å². The Morgan fingerprint density at radius 3 is 2.85 bits per heavy atom. The van der Waals surface area contributed by atoms with E-state index in [1.807, 2.05) is 0 Å². The predicted molar refractivity (Wildman–Crippen MR) is 83.5 cm³/mol. The Hall–Kier alpha value is -1.48. The number of hydrogen-bond acceptors (Lipinski definition) is 2. The van der Waals surface area contributed by atoms with Crippen LogP contribution in [0.3, 0.4) is 0 Å². The third-order valence-electron chi connectivity index (χ3n) is 4.28. The van der Waals surface area contributed by atoms with E-state index in [0.717, 1.165) is 18.7 Å². The van der Waals surface area contributed by atoms with Crippen LogP contribution in [0.5, 0.6) is 5.75 Å². The Balaban J connectivity index is 2.11. The molecule has 0 saturated heterocycles. The first-order valence-corrected chi connectivity index (χ1v) is 7.52. The SMILES string of the molecule is COc1cc2[nH]c3c(c2cc1C)CCNC3CC(C)C. The number of aromatic amines is 1. The van der Waals surface area contributed by atoms with Crippen molar-refractivity contribution >= 4 is 10.9 Å². The van der Waals surface area contributed by atoms with Gasteiger partial charge in [0.25, 0.3) is 0 Å². The third kappa shape index (κ3) is 2.20. The Morgan fingerprint density at radius 1 is 1.35 bits per heavy atom. The number of H-pyrrole nitrogens is 1. The molecule has 3 heteroatoms. The van der Waals surface area contributed by atoms with Crippen LogP contribution in [0.25, 0.3) is 10.9 Å². The summed E-state index contributed by atoms with van der Waals surface area (Å²) in [6.45, 7) is 7.75. The largest absolute Gasteiger partial charge is 0.496 e. The van der Waals surface area contributed by atoms with Crippen molar-refractivity contribution in [2.75, 3.05) is 13.7 Å². The highest BCUT2D eigenvalue weighted by molar-refractivity contribution is 5.87. The van der Waals surface area contributed by atoms with Gasteiger partial charge in [-0.15, -0.1) is 0 Å². The van der Waals surface area contributed by atoms with Gasteiger partial charge in [-0.3, -0.25) is 0 Å². The van der Waals surface area contributed by atoms with Gasteiger partial charge in [-0.25, -0.2) is 0 Å². The molecule has 1 aliphatic heterocycles. The molecule has 0 aliphatic carbocycles. The summed E-state index contributed by atoms with van der Waals surface area (Å²) in [7, 11) is 1.74. The van der Waals surface area contributed by atoms with Gasteiger partial charge in [0.15, 0.2) is 0 Å². The van der Waals surface area contributed by atoms with E-state index in [4.69, 9.17) is 4.74 Å². The van der Waals surface area contributed by atoms with Crippen molar-refractivity contribution < 1.29 is 4.74 Å². The van der Waals surface area contributed by atoms with Gasteiger partial charge in [0, 0.05) is 28.7 Å². The fourth-order valence-electron chi connectivity index (χ4n) is 3.34. The van der Waals surface area contributed by atoms with E-state index in [1.54, 1.807) is 7.11 Å². The van der Waals surface area contributed by atoms with Crippen molar-refractivity contribution in [3.05, 3.63) is 29.0 Å². The van der Waals surface area contributed by atoms with Gasteiger partial charge in [0.2, 0.25) is 0 Å². The van der Waals surface area contributed by atoms with Crippen molar-refractivity contribution in [2.45, 2.75) is 39.7 Å². The Morgan fingerprint density at radius 2 is 2.15 bits per heavy atom. The second-order valence-corrected chi connectivity index (χ2v) is 6.27. The van der Waals surface area contributed by atoms with Crippen LogP contribution in [0, 0.1) is 12.8 Å². The Bertz CT molecular complexity index is 627. The summed E-state index contributed by atoms with van der Waals surface area (Å²) in [6.07, 6.45) is 2.28. The first-order valence-electron chi connectivity index (χ1n) is 7.52. The molecule has 1 aromatic carbocycles. The predicted octanol–water partition coefficient (Wildman–Crippen LogP) is 3.72. The van der Waals surface area contributed by atoms with Crippen LogP contribution >= 0.6 is 0 Å². The molecule has 0 bridgehead atoms. The highest BCUT2D eigenvalue weighted by Crippen LogP contribution is 2.35. The van der Waals surface area contributed by atoms with Gasteiger partial charge in [-0.2, -0.15) is 0 Å². The highest BCUT2D eigenvalue weighted by Gasteiger charge is 2.24. The molecule has 108 valence electrons. The van der Waals surface area contributed by atoms with Crippen LogP contribution in [-0.4, -0.2) is 18.6 Å². The number of rotatable bonds is 3. The lowest BCUT2D eigenvalue weighted by atomic mass is 9.93. The topological polar surface area (TPSA) is 37.0 Å². The molecule has 0 spiro atoms. The van der Waals surface area contributed by atoms with Crippen LogP contribution in [0.2, 0.25) is 0 Å². The van der Waals surface area contributed by atoms with Crippen molar-refractivity contribution in [2.24, 2.45) is 5.92 Å². The number of aromatic nitrogens is 1. The van der Waals surface area contributed by atoms with E-state index in [1.165, 1.54) is 34.1 Å².